The van der Waals surface area contributed by atoms with Gasteiger partial charge in [-0.15, -0.1) is 0 Å². The highest BCUT2D eigenvalue weighted by atomic mass is 16.5. The first kappa shape index (κ1) is 21.6. The number of hydrogen-bond acceptors (Lipinski definition) is 6. The molecule has 0 bridgehead atoms. The Morgan fingerprint density at radius 2 is 2.07 bits per heavy atom. The molecule has 0 aliphatic carbocycles. The van der Waals surface area contributed by atoms with Crippen molar-refractivity contribution in [2.24, 2.45) is 0 Å². The molecule has 0 radical (unpaired) electrons. The van der Waals surface area contributed by atoms with E-state index in [1.54, 1.807) is 25.3 Å². The lowest BCUT2D eigenvalue weighted by Gasteiger charge is -2.12. The fraction of sp³-hybridized carbons (Fsp3) is 0.409. The average molecular weight is 412 g/mol. The van der Waals surface area contributed by atoms with Crippen LogP contribution in [0.5, 0.6) is 5.75 Å². The maximum atomic E-state index is 12.4. The minimum atomic E-state index is -0.126. The zero-order chi connectivity index (χ0) is 21.7. The van der Waals surface area contributed by atoms with Gasteiger partial charge in [0, 0.05) is 31.0 Å². The van der Waals surface area contributed by atoms with Crippen molar-refractivity contribution in [2.45, 2.75) is 40.3 Å². The van der Waals surface area contributed by atoms with Crippen LogP contribution in [-0.2, 0) is 17.9 Å². The molecule has 0 saturated carbocycles. The number of pyridine rings is 1. The Kier molecular flexibility index (Phi) is 6.89. The Hall–Kier alpha value is -3.13. The molecule has 2 aromatic heterocycles. The van der Waals surface area contributed by atoms with E-state index in [1.165, 1.54) is 0 Å². The molecule has 0 aliphatic heterocycles. The van der Waals surface area contributed by atoms with Crippen molar-refractivity contribution in [1.29, 1.82) is 0 Å². The molecule has 0 saturated heterocycles. The second kappa shape index (κ2) is 9.58. The molecule has 3 aromatic rings. The standard InChI is InChI=1S/C22H29N5O3/c1-5-30-13-18-26-19-20(14(2)15(3)25-21(19)23)27(18)11-7-10-24-22(28)16-8-6-9-17(12-16)29-4/h6,8-9,12H,5,7,10-11,13H2,1-4H3,(H2,23,25)(H,24,28). The van der Waals surface area contributed by atoms with Crippen molar-refractivity contribution in [2.75, 3.05) is 26.0 Å². The van der Waals surface area contributed by atoms with Crippen LogP contribution in [-0.4, -0.2) is 40.7 Å². The van der Waals surface area contributed by atoms with Gasteiger partial charge in [0.25, 0.3) is 5.91 Å². The van der Waals surface area contributed by atoms with Crippen LogP contribution in [0.1, 0.15) is 40.8 Å². The number of aromatic nitrogens is 3. The average Bonchev–Trinajstić information content (AvgIpc) is 3.12. The zero-order valence-electron chi connectivity index (χ0n) is 18.0. The largest absolute Gasteiger partial charge is 0.497 e. The van der Waals surface area contributed by atoms with Crippen molar-refractivity contribution < 1.29 is 14.3 Å². The zero-order valence-corrected chi connectivity index (χ0v) is 18.0. The molecular weight excluding hydrogens is 382 g/mol. The van der Waals surface area contributed by atoms with Gasteiger partial charge in [-0.25, -0.2) is 9.97 Å². The van der Waals surface area contributed by atoms with E-state index >= 15 is 0 Å². The molecule has 2 heterocycles. The normalized spacial score (nSPS) is 11.1. The van der Waals surface area contributed by atoms with Gasteiger partial charge in [-0.2, -0.15) is 0 Å². The topological polar surface area (TPSA) is 104 Å². The predicted molar refractivity (Wildman–Crippen MR) is 117 cm³/mol. The Labute approximate surface area is 176 Å². The molecule has 0 unspecified atom stereocenters. The van der Waals surface area contributed by atoms with Crippen LogP contribution < -0.4 is 15.8 Å². The van der Waals surface area contributed by atoms with E-state index < -0.39 is 0 Å². The Morgan fingerprint density at radius 3 is 2.80 bits per heavy atom. The number of aryl methyl sites for hydroxylation is 3. The number of nitrogen functional groups attached to an aromatic ring is 1. The summed E-state index contributed by atoms with van der Waals surface area (Å²) in [7, 11) is 1.58. The van der Waals surface area contributed by atoms with Crippen LogP contribution >= 0.6 is 0 Å². The molecule has 160 valence electrons. The van der Waals surface area contributed by atoms with E-state index in [0.717, 1.165) is 29.0 Å². The first-order valence-electron chi connectivity index (χ1n) is 10.1. The number of carbonyl (C=O) groups is 1. The third kappa shape index (κ3) is 4.54. The Bertz CT molecular complexity index is 1040. The van der Waals surface area contributed by atoms with E-state index in [2.05, 4.69) is 19.9 Å². The molecule has 8 nitrogen and oxygen atoms in total. The first-order chi connectivity index (χ1) is 14.5. The fourth-order valence-electron chi connectivity index (χ4n) is 3.40. The fourth-order valence-corrected chi connectivity index (χ4v) is 3.40. The molecule has 0 fully saturated rings. The summed E-state index contributed by atoms with van der Waals surface area (Å²) >= 11 is 0. The molecule has 3 N–H and O–H groups in total. The highest BCUT2D eigenvalue weighted by Crippen LogP contribution is 2.26. The minimum absolute atomic E-state index is 0.126. The van der Waals surface area contributed by atoms with E-state index in [1.807, 2.05) is 26.8 Å². The number of hydrogen-bond donors (Lipinski definition) is 2. The number of imidazole rings is 1. The van der Waals surface area contributed by atoms with Gasteiger partial charge in [0.1, 0.15) is 23.7 Å². The first-order valence-corrected chi connectivity index (χ1v) is 10.1. The van der Waals surface area contributed by atoms with Crippen LogP contribution in [0, 0.1) is 13.8 Å². The molecule has 1 aromatic carbocycles. The van der Waals surface area contributed by atoms with Crippen LogP contribution in [0.15, 0.2) is 24.3 Å². The maximum absolute atomic E-state index is 12.4. The number of ether oxygens (including phenoxy) is 2. The summed E-state index contributed by atoms with van der Waals surface area (Å²) in [6.45, 7) is 8.14. The summed E-state index contributed by atoms with van der Waals surface area (Å²) in [5.41, 5.74) is 10.3. The summed E-state index contributed by atoms with van der Waals surface area (Å²) in [5.74, 6) is 1.77. The van der Waals surface area contributed by atoms with E-state index in [-0.39, 0.29) is 5.91 Å². The third-order valence-corrected chi connectivity index (χ3v) is 5.09. The van der Waals surface area contributed by atoms with Crippen LogP contribution in [0.2, 0.25) is 0 Å². The number of methoxy groups -OCH3 is 1. The summed E-state index contributed by atoms with van der Waals surface area (Å²) in [4.78, 5) is 21.5. The second-order valence-corrected chi connectivity index (χ2v) is 7.06. The quantitative estimate of drug-likeness (QED) is 0.525. The smallest absolute Gasteiger partial charge is 0.251 e. The van der Waals surface area contributed by atoms with Crippen LogP contribution in [0.25, 0.3) is 11.0 Å². The van der Waals surface area contributed by atoms with Gasteiger partial charge in [0.2, 0.25) is 0 Å². The van der Waals surface area contributed by atoms with E-state index in [9.17, 15) is 4.79 Å². The number of anilines is 1. The van der Waals surface area contributed by atoms with Gasteiger partial charge in [-0.1, -0.05) is 6.07 Å². The van der Waals surface area contributed by atoms with Gasteiger partial charge in [0.15, 0.2) is 5.82 Å². The third-order valence-electron chi connectivity index (χ3n) is 5.09. The van der Waals surface area contributed by atoms with Crippen molar-refractivity contribution in [1.82, 2.24) is 19.9 Å². The van der Waals surface area contributed by atoms with Crippen molar-refractivity contribution in [3.63, 3.8) is 0 Å². The van der Waals surface area contributed by atoms with Crippen molar-refractivity contribution in [3.05, 3.63) is 46.9 Å². The van der Waals surface area contributed by atoms with Gasteiger partial charge in [-0.05, 0) is 51.0 Å². The minimum Gasteiger partial charge on any atom is -0.497 e. The Balaban J connectivity index is 1.73. The molecular formula is C22H29N5O3. The number of amides is 1. The molecule has 3 rings (SSSR count). The summed E-state index contributed by atoms with van der Waals surface area (Å²) < 4.78 is 12.9. The van der Waals surface area contributed by atoms with Crippen molar-refractivity contribution >= 4 is 22.8 Å². The van der Waals surface area contributed by atoms with E-state index in [4.69, 9.17) is 15.2 Å². The lowest BCUT2D eigenvalue weighted by Crippen LogP contribution is -2.25. The molecule has 30 heavy (non-hydrogen) atoms. The summed E-state index contributed by atoms with van der Waals surface area (Å²) in [6, 6.07) is 7.10. The van der Waals surface area contributed by atoms with Gasteiger partial charge in [0.05, 0.1) is 12.6 Å². The Morgan fingerprint density at radius 1 is 1.27 bits per heavy atom. The number of fused-ring (bicyclic) bond motifs is 1. The monoisotopic (exact) mass is 411 g/mol. The molecule has 8 heteroatoms. The molecule has 0 aliphatic rings. The summed E-state index contributed by atoms with van der Waals surface area (Å²) in [6.07, 6.45) is 0.737. The number of nitrogens with zero attached hydrogens (tertiary/aromatic N) is 3. The molecule has 0 atom stereocenters. The van der Waals surface area contributed by atoms with Gasteiger partial charge >= 0.3 is 0 Å². The van der Waals surface area contributed by atoms with Gasteiger partial charge in [-0.3, -0.25) is 4.79 Å². The predicted octanol–water partition coefficient (Wildman–Crippen LogP) is 3.00. The highest BCUT2D eigenvalue weighted by molar-refractivity contribution is 5.94. The van der Waals surface area contributed by atoms with Crippen LogP contribution in [0.3, 0.4) is 0 Å². The number of benzene rings is 1. The SMILES string of the molecule is CCOCc1nc2c(N)nc(C)c(C)c2n1CCCNC(=O)c1cccc(OC)c1. The number of nitrogens with one attached hydrogen (secondary N) is 1. The lowest BCUT2D eigenvalue weighted by atomic mass is 10.2. The highest BCUT2D eigenvalue weighted by Gasteiger charge is 2.17. The molecule has 0 spiro atoms. The van der Waals surface area contributed by atoms with Gasteiger partial charge < -0.3 is 25.1 Å². The number of carbonyl (C=O) groups excluding carboxylic acids is 1. The number of nitrogens with two attached hydrogens (primary N) is 1. The second-order valence-electron chi connectivity index (χ2n) is 7.06. The lowest BCUT2D eigenvalue weighted by molar-refractivity contribution is 0.0952. The van der Waals surface area contributed by atoms with Crippen molar-refractivity contribution in [3.8, 4) is 5.75 Å². The summed E-state index contributed by atoms with van der Waals surface area (Å²) in [5, 5.41) is 2.96. The number of rotatable bonds is 9. The van der Waals surface area contributed by atoms with E-state index in [0.29, 0.717) is 49.0 Å². The molecule has 1 amide bonds. The van der Waals surface area contributed by atoms with Crippen LogP contribution in [0.4, 0.5) is 5.82 Å². The maximum Gasteiger partial charge on any atom is 0.251 e.